The standard InChI is InChI=1S/C11H17ClN4O4S/c1-14-6-3-2-4-9(14)5-7-15-8-10(21(12,19)20)11(13-15)16(17)18/h8-9H,2-7H2,1H3. The largest absolute Gasteiger partial charge is 0.410 e. The van der Waals surface area contributed by atoms with Gasteiger partial charge < -0.3 is 15.0 Å². The normalized spacial score (nSPS) is 20.6. The van der Waals surface area contributed by atoms with Gasteiger partial charge in [0.25, 0.3) is 9.05 Å². The summed E-state index contributed by atoms with van der Waals surface area (Å²) >= 11 is 0. The number of piperidine rings is 1. The van der Waals surface area contributed by atoms with Crippen molar-refractivity contribution in [1.29, 1.82) is 0 Å². The molecule has 8 nitrogen and oxygen atoms in total. The van der Waals surface area contributed by atoms with Crippen molar-refractivity contribution in [3.8, 4) is 0 Å². The van der Waals surface area contributed by atoms with Crippen LogP contribution in [0.4, 0.5) is 5.82 Å². The van der Waals surface area contributed by atoms with Crippen molar-refractivity contribution in [2.75, 3.05) is 13.6 Å². The highest BCUT2D eigenvalue weighted by Crippen LogP contribution is 2.25. The highest BCUT2D eigenvalue weighted by Gasteiger charge is 2.30. The molecule has 0 amide bonds. The molecule has 1 aliphatic heterocycles. The first kappa shape index (κ1) is 16.2. The Morgan fingerprint density at radius 2 is 2.24 bits per heavy atom. The van der Waals surface area contributed by atoms with Gasteiger partial charge in [0, 0.05) is 16.7 Å². The Hall–Kier alpha value is -1.19. The van der Waals surface area contributed by atoms with Crippen molar-refractivity contribution in [3.05, 3.63) is 16.3 Å². The number of likely N-dealkylation sites (tertiary alicyclic amines) is 1. The van der Waals surface area contributed by atoms with Gasteiger partial charge in [-0.2, -0.15) is 4.68 Å². The van der Waals surface area contributed by atoms with Gasteiger partial charge >= 0.3 is 5.82 Å². The monoisotopic (exact) mass is 336 g/mol. The molecule has 1 aromatic heterocycles. The maximum absolute atomic E-state index is 11.3. The summed E-state index contributed by atoms with van der Waals surface area (Å²) in [5, 5.41) is 14.6. The molecule has 21 heavy (non-hydrogen) atoms. The van der Waals surface area contributed by atoms with Crippen molar-refractivity contribution in [2.24, 2.45) is 0 Å². The minimum atomic E-state index is -4.17. The molecular weight excluding hydrogens is 320 g/mol. The van der Waals surface area contributed by atoms with Crippen molar-refractivity contribution in [3.63, 3.8) is 0 Å². The average molecular weight is 337 g/mol. The fourth-order valence-electron chi connectivity index (χ4n) is 2.60. The van der Waals surface area contributed by atoms with Crippen LogP contribution in [0.3, 0.4) is 0 Å². The first-order valence-corrected chi connectivity index (χ1v) is 8.96. The molecule has 1 atom stereocenters. The van der Waals surface area contributed by atoms with E-state index in [1.165, 1.54) is 11.1 Å². The maximum Gasteiger partial charge on any atom is 0.410 e. The molecular formula is C11H17ClN4O4S. The summed E-state index contributed by atoms with van der Waals surface area (Å²) in [4.78, 5) is 11.7. The third-order valence-electron chi connectivity index (χ3n) is 3.76. The second kappa shape index (κ2) is 6.29. The van der Waals surface area contributed by atoms with E-state index in [0.29, 0.717) is 12.6 Å². The van der Waals surface area contributed by atoms with Crippen LogP contribution in [0.1, 0.15) is 25.7 Å². The molecule has 118 valence electrons. The number of rotatable bonds is 5. The van der Waals surface area contributed by atoms with Gasteiger partial charge in [0.05, 0.1) is 17.8 Å². The maximum atomic E-state index is 11.3. The number of halogens is 1. The lowest BCUT2D eigenvalue weighted by Gasteiger charge is -2.32. The van der Waals surface area contributed by atoms with Crippen LogP contribution < -0.4 is 0 Å². The van der Waals surface area contributed by atoms with Gasteiger partial charge in [-0.15, -0.1) is 0 Å². The first-order chi connectivity index (χ1) is 9.79. The SMILES string of the molecule is CN1CCCCC1CCn1cc(S(=O)(=O)Cl)c([N+](=O)[O-])n1. The highest BCUT2D eigenvalue weighted by atomic mass is 35.7. The summed E-state index contributed by atoms with van der Waals surface area (Å²) in [6.07, 6.45) is 5.30. The van der Waals surface area contributed by atoms with Crippen molar-refractivity contribution in [1.82, 2.24) is 14.7 Å². The van der Waals surface area contributed by atoms with Crippen LogP contribution >= 0.6 is 10.7 Å². The van der Waals surface area contributed by atoms with E-state index in [2.05, 4.69) is 10.00 Å². The minimum Gasteiger partial charge on any atom is -0.358 e. The topological polar surface area (TPSA) is 98.3 Å². The molecule has 0 saturated carbocycles. The lowest BCUT2D eigenvalue weighted by molar-refractivity contribution is -0.392. The second-order valence-corrected chi connectivity index (χ2v) is 7.73. The van der Waals surface area contributed by atoms with Gasteiger partial charge in [-0.3, -0.25) is 0 Å². The molecule has 0 radical (unpaired) electrons. The lowest BCUT2D eigenvalue weighted by Crippen LogP contribution is -2.36. The lowest BCUT2D eigenvalue weighted by atomic mass is 10.0. The van der Waals surface area contributed by atoms with E-state index in [4.69, 9.17) is 10.7 Å². The van der Waals surface area contributed by atoms with Crippen LogP contribution in [0, 0.1) is 10.1 Å². The predicted octanol–water partition coefficient (Wildman–Crippen LogP) is 1.59. The third-order valence-corrected chi connectivity index (χ3v) is 5.07. The second-order valence-electron chi connectivity index (χ2n) is 5.19. The van der Waals surface area contributed by atoms with E-state index < -0.39 is 24.7 Å². The molecule has 0 aliphatic carbocycles. The molecule has 1 fully saturated rings. The number of aryl methyl sites for hydroxylation is 1. The zero-order valence-electron chi connectivity index (χ0n) is 11.6. The molecule has 2 rings (SSSR count). The predicted molar refractivity (Wildman–Crippen MR) is 76.8 cm³/mol. The van der Waals surface area contributed by atoms with Gasteiger partial charge in [-0.05, 0) is 37.8 Å². The molecule has 10 heteroatoms. The van der Waals surface area contributed by atoms with E-state index in [9.17, 15) is 18.5 Å². The molecule has 1 aromatic rings. The van der Waals surface area contributed by atoms with E-state index in [-0.39, 0.29) is 0 Å². The van der Waals surface area contributed by atoms with Crippen LogP contribution in [0.15, 0.2) is 11.1 Å². The summed E-state index contributed by atoms with van der Waals surface area (Å²) in [7, 11) is 3.07. The Morgan fingerprint density at radius 3 is 2.76 bits per heavy atom. The highest BCUT2D eigenvalue weighted by molar-refractivity contribution is 8.13. The van der Waals surface area contributed by atoms with Crippen LogP contribution in [0.5, 0.6) is 0 Å². The summed E-state index contributed by atoms with van der Waals surface area (Å²) < 4.78 is 23.9. The first-order valence-electron chi connectivity index (χ1n) is 6.66. The van der Waals surface area contributed by atoms with Crippen LogP contribution in [-0.2, 0) is 15.6 Å². The zero-order chi connectivity index (χ0) is 15.6. The van der Waals surface area contributed by atoms with Crippen molar-refractivity contribution in [2.45, 2.75) is 43.2 Å². The summed E-state index contributed by atoms with van der Waals surface area (Å²) in [6, 6.07) is 0.387. The fourth-order valence-corrected chi connectivity index (χ4v) is 3.50. The Labute approximate surface area is 127 Å². The Morgan fingerprint density at radius 1 is 1.52 bits per heavy atom. The zero-order valence-corrected chi connectivity index (χ0v) is 13.2. The number of hydrogen-bond donors (Lipinski definition) is 0. The average Bonchev–Trinajstić information content (AvgIpc) is 2.82. The summed E-state index contributed by atoms with van der Waals surface area (Å²) in [5.74, 6) is -0.720. The van der Waals surface area contributed by atoms with E-state index >= 15 is 0 Å². The smallest absolute Gasteiger partial charge is 0.358 e. The molecule has 0 bridgehead atoms. The van der Waals surface area contributed by atoms with E-state index in [0.717, 1.165) is 32.0 Å². The summed E-state index contributed by atoms with van der Waals surface area (Å²) in [6.45, 7) is 1.45. The van der Waals surface area contributed by atoms with Crippen molar-refractivity contribution >= 4 is 25.6 Å². The molecule has 1 aliphatic rings. The molecule has 0 aromatic carbocycles. The third kappa shape index (κ3) is 3.92. The number of nitro groups is 1. The fraction of sp³-hybridized carbons (Fsp3) is 0.727. The van der Waals surface area contributed by atoms with E-state index in [1.807, 2.05) is 7.05 Å². The van der Waals surface area contributed by atoms with Gasteiger partial charge in [-0.25, -0.2) is 8.42 Å². The number of hydrogen-bond acceptors (Lipinski definition) is 6. The number of aromatic nitrogens is 2. The van der Waals surface area contributed by atoms with Crippen LogP contribution in [0.25, 0.3) is 0 Å². The number of nitrogens with zero attached hydrogens (tertiary/aromatic N) is 4. The Kier molecular flexibility index (Phi) is 4.84. The molecule has 2 heterocycles. The minimum absolute atomic E-state index is 0.387. The molecule has 1 unspecified atom stereocenters. The Bertz CT molecular complexity index is 630. The molecule has 0 spiro atoms. The van der Waals surface area contributed by atoms with Crippen LogP contribution in [0.2, 0.25) is 0 Å². The molecule has 1 saturated heterocycles. The van der Waals surface area contributed by atoms with Crippen molar-refractivity contribution < 1.29 is 13.3 Å². The van der Waals surface area contributed by atoms with Gasteiger partial charge in [0.1, 0.15) is 0 Å². The quantitative estimate of drug-likeness (QED) is 0.460. The van der Waals surface area contributed by atoms with Gasteiger partial charge in [0.15, 0.2) is 0 Å². The summed E-state index contributed by atoms with van der Waals surface area (Å²) in [5.41, 5.74) is 0. The van der Waals surface area contributed by atoms with Crippen LogP contribution in [-0.4, -0.2) is 47.7 Å². The van der Waals surface area contributed by atoms with Gasteiger partial charge in [0.2, 0.25) is 4.90 Å². The van der Waals surface area contributed by atoms with E-state index in [1.54, 1.807) is 0 Å². The van der Waals surface area contributed by atoms with Gasteiger partial charge in [-0.1, -0.05) is 6.42 Å². The molecule has 0 N–H and O–H groups in total. The Balaban J connectivity index is 2.12.